The third kappa shape index (κ3) is 4.09. The summed E-state index contributed by atoms with van der Waals surface area (Å²) in [4.78, 5) is 35.2. The minimum Gasteiger partial charge on any atom is -0.480 e. The summed E-state index contributed by atoms with van der Waals surface area (Å²) in [5, 5.41) is 17.3. The van der Waals surface area contributed by atoms with E-state index in [1.54, 1.807) is 6.92 Å². The zero-order chi connectivity index (χ0) is 15.5. The van der Waals surface area contributed by atoms with Crippen molar-refractivity contribution in [3.05, 3.63) is 0 Å². The summed E-state index contributed by atoms with van der Waals surface area (Å²) in [6, 6.07) is -1.05. The Labute approximate surface area is 123 Å². The van der Waals surface area contributed by atoms with Crippen LogP contribution >= 0.6 is 0 Å². The number of carbonyl (C=O) groups excluding carboxylic acids is 2. The van der Waals surface area contributed by atoms with E-state index in [1.165, 1.54) is 0 Å². The highest BCUT2D eigenvalue weighted by atomic mass is 16.4. The van der Waals surface area contributed by atoms with Gasteiger partial charge in [0, 0.05) is 6.04 Å². The lowest BCUT2D eigenvalue weighted by Gasteiger charge is -2.34. The molecule has 0 radical (unpaired) electrons. The predicted molar refractivity (Wildman–Crippen MR) is 75.7 cm³/mol. The Morgan fingerprint density at radius 1 is 1.14 bits per heavy atom. The second kappa shape index (κ2) is 6.32. The fraction of sp³-hybridized carbons (Fsp3) is 0.786. The van der Waals surface area contributed by atoms with Crippen LogP contribution in [0.2, 0.25) is 0 Å². The number of urea groups is 1. The highest BCUT2D eigenvalue weighted by Gasteiger charge is 2.41. The van der Waals surface area contributed by atoms with Crippen molar-refractivity contribution in [2.45, 2.75) is 69.5 Å². The van der Waals surface area contributed by atoms with E-state index in [0.717, 1.165) is 32.1 Å². The Bertz CT molecular complexity index is 428. The van der Waals surface area contributed by atoms with Crippen molar-refractivity contribution in [3.8, 4) is 0 Å². The molecule has 0 heterocycles. The SMILES string of the molecule is CC(NC(=O)NC1(C(=O)O)CCCCC1)C(=O)NC1CC1. The fourth-order valence-electron chi connectivity index (χ4n) is 2.62. The monoisotopic (exact) mass is 297 g/mol. The van der Waals surface area contributed by atoms with Gasteiger partial charge in [0.25, 0.3) is 0 Å². The molecule has 7 heteroatoms. The average Bonchev–Trinajstić information content (AvgIpc) is 3.23. The number of carboxylic acids is 1. The molecule has 0 saturated heterocycles. The molecule has 21 heavy (non-hydrogen) atoms. The summed E-state index contributed by atoms with van der Waals surface area (Å²) in [5.41, 5.74) is -1.20. The molecule has 2 aliphatic carbocycles. The summed E-state index contributed by atoms with van der Waals surface area (Å²) in [6.45, 7) is 1.59. The number of aliphatic carboxylic acids is 1. The number of hydrogen-bond acceptors (Lipinski definition) is 3. The van der Waals surface area contributed by atoms with Crippen molar-refractivity contribution in [1.82, 2.24) is 16.0 Å². The molecule has 1 unspecified atom stereocenters. The lowest BCUT2D eigenvalue weighted by Crippen LogP contribution is -2.60. The molecular formula is C14H23N3O4. The molecule has 2 aliphatic rings. The van der Waals surface area contributed by atoms with Gasteiger partial charge in [0.05, 0.1) is 0 Å². The van der Waals surface area contributed by atoms with E-state index in [9.17, 15) is 19.5 Å². The van der Waals surface area contributed by atoms with Gasteiger partial charge < -0.3 is 21.1 Å². The van der Waals surface area contributed by atoms with Crippen LogP contribution < -0.4 is 16.0 Å². The van der Waals surface area contributed by atoms with Gasteiger partial charge >= 0.3 is 12.0 Å². The minimum atomic E-state index is -1.20. The average molecular weight is 297 g/mol. The van der Waals surface area contributed by atoms with E-state index in [0.29, 0.717) is 12.8 Å². The maximum absolute atomic E-state index is 12.0. The molecule has 0 aromatic carbocycles. The lowest BCUT2D eigenvalue weighted by molar-refractivity contribution is -0.145. The van der Waals surface area contributed by atoms with E-state index in [4.69, 9.17) is 0 Å². The van der Waals surface area contributed by atoms with E-state index in [2.05, 4.69) is 16.0 Å². The second-order valence-corrected chi connectivity index (χ2v) is 6.05. The first-order valence-corrected chi connectivity index (χ1v) is 7.55. The van der Waals surface area contributed by atoms with Gasteiger partial charge in [-0.15, -0.1) is 0 Å². The molecule has 1 atom stereocenters. The van der Waals surface area contributed by atoms with E-state index >= 15 is 0 Å². The number of carbonyl (C=O) groups is 3. The normalized spacial score (nSPS) is 22.0. The topological polar surface area (TPSA) is 108 Å². The Morgan fingerprint density at radius 3 is 2.29 bits per heavy atom. The van der Waals surface area contributed by atoms with Crippen LogP contribution in [0.5, 0.6) is 0 Å². The van der Waals surface area contributed by atoms with Crippen LogP contribution in [0.15, 0.2) is 0 Å². The quantitative estimate of drug-likeness (QED) is 0.600. The molecule has 0 spiro atoms. The summed E-state index contributed by atoms with van der Waals surface area (Å²) in [5.74, 6) is -1.24. The van der Waals surface area contributed by atoms with Crippen LogP contribution in [0.4, 0.5) is 4.79 Å². The molecule has 2 rings (SSSR count). The number of nitrogens with one attached hydrogen (secondary N) is 3. The first kappa shape index (κ1) is 15.6. The Morgan fingerprint density at radius 2 is 1.76 bits per heavy atom. The Kier molecular flexibility index (Phi) is 4.69. The van der Waals surface area contributed by atoms with Crippen molar-refractivity contribution in [1.29, 1.82) is 0 Å². The maximum atomic E-state index is 12.0. The maximum Gasteiger partial charge on any atom is 0.329 e. The molecule has 2 fully saturated rings. The van der Waals surface area contributed by atoms with Crippen LogP contribution in [-0.4, -0.2) is 40.6 Å². The summed E-state index contributed by atoms with van der Waals surface area (Å²) in [7, 11) is 0. The fourth-order valence-corrected chi connectivity index (χ4v) is 2.62. The smallest absolute Gasteiger partial charge is 0.329 e. The highest BCUT2D eigenvalue weighted by Crippen LogP contribution is 2.28. The van der Waals surface area contributed by atoms with Gasteiger partial charge in [-0.2, -0.15) is 0 Å². The van der Waals surface area contributed by atoms with Gasteiger partial charge in [-0.3, -0.25) is 4.79 Å². The molecule has 4 N–H and O–H groups in total. The second-order valence-electron chi connectivity index (χ2n) is 6.05. The van der Waals surface area contributed by atoms with E-state index in [-0.39, 0.29) is 11.9 Å². The van der Waals surface area contributed by atoms with Crippen molar-refractivity contribution in [3.63, 3.8) is 0 Å². The summed E-state index contributed by atoms with van der Waals surface area (Å²) in [6.07, 6.45) is 5.36. The van der Waals surface area contributed by atoms with Gasteiger partial charge in [0.15, 0.2) is 0 Å². The lowest BCUT2D eigenvalue weighted by atomic mass is 9.82. The molecule has 2 saturated carbocycles. The number of rotatable bonds is 5. The van der Waals surface area contributed by atoms with Crippen molar-refractivity contribution < 1.29 is 19.5 Å². The molecular weight excluding hydrogens is 274 g/mol. The van der Waals surface area contributed by atoms with Gasteiger partial charge in [0.2, 0.25) is 5.91 Å². The summed E-state index contributed by atoms with van der Waals surface area (Å²) >= 11 is 0. The largest absolute Gasteiger partial charge is 0.480 e. The van der Waals surface area contributed by atoms with Gasteiger partial charge in [0.1, 0.15) is 11.6 Å². The standard InChI is InChI=1S/C14H23N3O4/c1-9(11(18)16-10-5-6-10)15-13(21)17-14(12(19)20)7-3-2-4-8-14/h9-10H,2-8H2,1H3,(H,16,18)(H,19,20)(H2,15,17,21). The molecule has 3 amide bonds. The first-order valence-electron chi connectivity index (χ1n) is 7.55. The van der Waals surface area contributed by atoms with Gasteiger partial charge in [-0.1, -0.05) is 19.3 Å². The molecule has 7 nitrogen and oxygen atoms in total. The number of carboxylic acid groups (broad SMARTS) is 1. The van der Waals surface area contributed by atoms with Crippen LogP contribution in [0.25, 0.3) is 0 Å². The minimum absolute atomic E-state index is 0.230. The zero-order valence-electron chi connectivity index (χ0n) is 12.3. The van der Waals surface area contributed by atoms with Crippen LogP contribution in [-0.2, 0) is 9.59 Å². The van der Waals surface area contributed by atoms with Crippen LogP contribution in [0.3, 0.4) is 0 Å². The molecule has 0 aliphatic heterocycles. The molecule has 118 valence electrons. The molecule has 0 bridgehead atoms. The Balaban J connectivity index is 1.86. The first-order chi connectivity index (χ1) is 9.93. The Hall–Kier alpha value is -1.79. The zero-order valence-corrected chi connectivity index (χ0v) is 12.3. The van der Waals surface area contributed by atoms with Crippen LogP contribution in [0.1, 0.15) is 51.9 Å². The van der Waals surface area contributed by atoms with Crippen LogP contribution in [0, 0.1) is 0 Å². The van der Waals surface area contributed by atoms with Gasteiger partial charge in [-0.25, -0.2) is 9.59 Å². The van der Waals surface area contributed by atoms with Gasteiger partial charge in [-0.05, 0) is 32.6 Å². The predicted octanol–water partition coefficient (Wildman–Crippen LogP) is 0.740. The number of hydrogen-bond donors (Lipinski definition) is 4. The summed E-state index contributed by atoms with van der Waals surface area (Å²) < 4.78 is 0. The van der Waals surface area contributed by atoms with Crippen molar-refractivity contribution in [2.75, 3.05) is 0 Å². The van der Waals surface area contributed by atoms with Crippen molar-refractivity contribution in [2.24, 2.45) is 0 Å². The number of amides is 3. The highest BCUT2D eigenvalue weighted by molar-refractivity contribution is 5.90. The molecule has 0 aromatic heterocycles. The van der Waals surface area contributed by atoms with E-state index in [1.807, 2.05) is 0 Å². The molecule has 0 aromatic rings. The third-order valence-electron chi connectivity index (χ3n) is 4.13. The van der Waals surface area contributed by atoms with Crippen molar-refractivity contribution >= 4 is 17.9 Å². The third-order valence-corrected chi connectivity index (χ3v) is 4.13. The van der Waals surface area contributed by atoms with E-state index < -0.39 is 23.6 Å².